The van der Waals surface area contributed by atoms with E-state index in [1.54, 1.807) is 0 Å². The van der Waals surface area contributed by atoms with Crippen molar-refractivity contribution < 1.29 is 13.2 Å². The largest absolute Gasteiger partial charge is 0.299 e. The van der Waals surface area contributed by atoms with Crippen molar-refractivity contribution in [3.05, 3.63) is 11.1 Å². The van der Waals surface area contributed by atoms with Crippen molar-refractivity contribution in [2.75, 3.05) is 11.5 Å². The molecule has 0 aromatic carbocycles. The van der Waals surface area contributed by atoms with Crippen LogP contribution in [0.3, 0.4) is 0 Å². The van der Waals surface area contributed by atoms with Gasteiger partial charge < -0.3 is 0 Å². The van der Waals surface area contributed by atoms with Crippen LogP contribution in [0.4, 0.5) is 0 Å². The minimum Gasteiger partial charge on any atom is -0.299 e. The first-order chi connectivity index (χ1) is 5.07. The number of rotatable bonds is 0. The minimum atomic E-state index is -2.86. The lowest BCUT2D eigenvalue weighted by molar-refractivity contribution is -0.117. The molecule has 0 saturated heterocycles. The molecule has 11 heavy (non-hydrogen) atoms. The Kier molecular flexibility index (Phi) is 1.24. The number of Topliss-reactive ketones (excluding diaryl/α,β-unsaturated/α-hetero) is 1. The third kappa shape index (κ3) is 1.11. The van der Waals surface area contributed by atoms with Crippen LogP contribution in [0.15, 0.2) is 11.1 Å². The molecule has 2 aliphatic rings. The van der Waals surface area contributed by atoms with Crippen LogP contribution in [-0.4, -0.2) is 25.7 Å². The predicted octanol–water partition coefficient (Wildman–Crippen LogP) is 0.0743. The summed E-state index contributed by atoms with van der Waals surface area (Å²) in [6.07, 6.45) is 0.767. The molecule has 0 amide bonds. The van der Waals surface area contributed by atoms with Crippen molar-refractivity contribution in [1.82, 2.24) is 0 Å². The average Bonchev–Trinajstić information content (AvgIpc) is 2.17. The monoisotopic (exact) mass is 172 g/mol. The maximum absolute atomic E-state index is 11.0. The van der Waals surface area contributed by atoms with Crippen LogP contribution in [-0.2, 0) is 14.6 Å². The maximum Gasteiger partial charge on any atom is 0.157 e. The van der Waals surface area contributed by atoms with Gasteiger partial charge in [-0.05, 0) is 11.1 Å². The molecule has 0 aromatic heterocycles. The second kappa shape index (κ2) is 1.94. The van der Waals surface area contributed by atoms with Crippen molar-refractivity contribution >= 4 is 15.6 Å². The average molecular weight is 172 g/mol. The van der Waals surface area contributed by atoms with E-state index in [0.717, 1.165) is 11.1 Å². The summed E-state index contributed by atoms with van der Waals surface area (Å²) in [5.41, 5.74) is 1.74. The van der Waals surface area contributed by atoms with E-state index in [9.17, 15) is 13.2 Å². The molecular weight excluding hydrogens is 164 g/mol. The molecule has 3 nitrogen and oxygen atoms in total. The molecule has 0 bridgehead atoms. The van der Waals surface area contributed by atoms with E-state index in [2.05, 4.69) is 0 Å². The molecule has 0 saturated carbocycles. The van der Waals surface area contributed by atoms with Crippen molar-refractivity contribution in [1.29, 1.82) is 0 Å². The van der Waals surface area contributed by atoms with E-state index in [-0.39, 0.29) is 17.3 Å². The molecule has 1 aliphatic heterocycles. The molecule has 0 N–H and O–H groups in total. The Morgan fingerprint density at radius 3 is 1.91 bits per heavy atom. The van der Waals surface area contributed by atoms with Gasteiger partial charge in [-0.1, -0.05) is 0 Å². The van der Waals surface area contributed by atoms with E-state index < -0.39 is 9.84 Å². The van der Waals surface area contributed by atoms with E-state index in [4.69, 9.17) is 0 Å². The Hall–Kier alpha value is -0.640. The Labute approximate surface area is 65.0 Å². The second-order valence-corrected chi connectivity index (χ2v) is 5.20. The molecule has 0 unspecified atom stereocenters. The third-order valence-electron chi connectivity index (χ3n) is 2.11. The first-order valence-electron chi connectivity index (χ1n) is 3.49. The highest BCUT2D eigenvalue weighted by atomic mass is 32.2. The molecule has 0 fully saturated rings. The molecule has 60 valence electrons. The molecule has 4 heteroatoms. The van der Waals surface area contributed by atoms with E-state index in [0.29, 0.717) is 12.8 Å². The number of carbonyl (C=O) groups is 1. The molecule has 0 radical (unpaired) electrons. The lowest BCUT2D eigenvalue weighted by Crippen LogP contribution is -2.08. The fraction of sp³-hybridized carbons (Fsp3) is 0.571. The van der Waals surface area contributed by atoms with Crippen LogP contribution in [0.2, 0.25) is 0 Å². The van der Waals surface area contributed by atoms with Crippen molar-refractivity contribution in [3.63, 3.8) is 0 Å². The number of carbonyl (C=O) groups excluding carboxylic acids is 1. The van der Waals surface area contributed by atoms with Crippen LogP contribution < -0.4 is 0 Å². The lowest BCUT2D eigenvalue weighted by Gasteiger charge is -1.94. The van der Waals surface area contributed by atoms with Gasteiger partial charge in [-0.2, -0.15) is 0 Å². The van der Waals surface area contributed by atoms with Crippen LogP contribution in [0, 0.1) is 0 Å². The summed E-state index contributed by atoms with van der Waals surface area (Å²) in [6.45, 7) is 0. The second-order valence-electron chi connectivity index (χ2n) is 3.13. The Morgan fingerprint density at radius 1 is 1.00 bits per heavy atom. The molecule has 0 atom stereocenters. The molecule has 1 aliphatic carbocycles. The van der Waals surface area contributed by atoms with Crippen molar-refractivity contribution in [3.8, 4) is 0 Å². The highest BCUT2D eigenvalue weighted by molar-refractivity contribution is 7.92. The standard InChI is InChI=1S/C7H8O3S/c8-7-1-5-3-11(9,10)4-6(5)2-7/h1-4H2. The first-order valence-corrected chi connectivity index (χ1v) is 5.31. The minimum absolute atomic E-state index is 0.133. The number of hydrogen-bond donors (Lipinski definition) is 0. The molecule has 1 heterocycles. The number of ketones is 1. The van der Waals surface area contributed by atoms with Gasteiger partial charge >= 0.3 is 0 Å². The molecule has 2 rings (SSSR count). The van der Waals surface area contributed by atoms with Crippen LogP contribution in [0.1, 0.15) is 12.8 Å². The molecule has 0 spiro atoms. The Morgan fingerprint density at radius 2 is 1.45 bits per heavy atom. The fourth-order valence-electron chi connectivity index (χ4n) is 1.68. The third-order valence-corrected chi connectivity index (χ3v) is 3.69. The van der Waals surface area contributed by atoms with Crippen LogP contribution in [0.5, 0.6) is 0 Å². The summed E-state index contributed by atoms with van der Waals surface area (Å²) in [4.78, 5) is 10.8. The Bertz CT molecular complexity index is 322. The van der Waals surface area contributed by atoms with Gasteiger partial charge in [0.25, 0.3) is 0 Å². The van der Waals surface area contributed by atoms with Gasteiger partial charge in [-0.25, -0.2) is 8.42 Å². The Balaban J connectivity index is 2.31. The summed E-state index contributed by atoms with van der Waals surface area (Å²) in [6, 6.07) is 0. The smallest absolute Gasteiger partial charge is 0.157 e. The van der Waals surface area contributed by atoms with E-state index >= 15 is 0 Å². The predicted molar refractivity (Wildman–Crippen MR) is 39.9 cm³/mol. The zero-order chi connectivity index (χ0) is 8.06. The van der Waals surface area contributed by atoms with Gasteiger partial charge in [-0.3, -0.25) is 4.79 Å². The zero-order valence-electron chi connectivity index (χ0n) is 5.96. The van der Waals surface area contributed by atoms with Gasteiger partial charge in [0.15, 0.2) is 9.84 Å². The van der Waals surface area contributed by atoms with Gasteiger partial charge in [0, 0.05) is 12.8 Å². The number of hydrogen-bond acceptors (Lipinski definition) is 3. The topological polar surface area (TPSA) is 51.2 Å². The van der Waals surface area contributed by atoms with Gasteiger partial charge in [0.1, 0.15) is 5.78 Å². The van der Waals surface area contributed by atoms with Crippen molar-refractivity contribution in [2.45, 2.75) is 12.8 Å². The summed E-state index contributed by atoms with van der Waals surface area (Å²) < 4.78 is 22.0. The molecular formula is C7H8O3S. The summed E-state index contributed by atoms with van der Waals surface area (Å²) >= 11 is 0. The van der Waals surface area contributed by atoms with Crippen molar-refractivity contribution in [2.24, 2.45) is 0 Å². The maximum atomic E-state index is 11.0. The molecule has 0 aromatic rings. The normalized spacial score (nSPS) is 27.8. The summed E-state index contributed by atoms with van der Waals surface area (Å²) in [7, 11) is -2.86. The van der Waals surface area contributed by atoms with Gasteiger partial charge in [-0.15, -0.1) is 0 Å². The van der Waals surface area contributed by atoms with E-state index in [1.807, 2.05) is 0 Å². The number of sulfone groups is 1. The van der Waals surface area contributed by atoms with Gasteiger partial charge in [0.2, 0.25) is 0 Å². The lowest BCUT2D eigenvalue weighted by atomic mass is 10.2. The zero-order valence-corrected chi connectivity index (χ0v) is 6.78. The quantitative estimate of drug-likeness (QED) is 0.486. The van der Waals surface area contributed by atoms with Crippen LogP contribution in [0.25, 0.3) is 0 Å². The summed E-state index contributed by atoms with van der Waals surface area (Å²) in [5, 5.41) is 0. The SMILES string of the molecule is O=C1CC2=C(C1)CS(=O)(=O)C2. The van der Waals surface area contributed by atoms with Crippen LogP contribution >= 0.6 is 0 Å². The highest BCUT2D eigenvalue weighted by Crippen LogP contribution is 2.31. The summed E-state index contributed by atoms with van der Waals surface area (Å²) in [5.74, 6) is 0.437. The fourth-order valence-corrected chi connectivity index (χ4v) is 3.45. The highest BCUT2D eigenvalue weighted by Gasteiger charge is 2.33. The van der Waals surface area contributed by atoms with E-state index in [1.165, 1.54) is 0 Å². The van der Waals surface area contributed by atoms with Gasteiger partial charge in [0.05, 0.1) is 11.5 Å². The first kappa shape index (κ1) is 7.03.